The Bertz CT molecular complexity index is 974. The summed E-state index contributed by atoms with van der Waals surface area (Å²) < 4.78 is 85.9. The van der Waals surface area contributed by atoms with Crippen molar-refractivity contribution in [3.63, 3.8) is 0 Å². The van der Waals surface area contributed by atoms with E-state index < -0.39 is 41.5 Å². The first-order chi connectivity index (χ1) is 14.5. The lowest BCUT2D eigenvalue weighted by molar-refractivity contribution is -0.206. The molecule has 1 unspecified atom stereocenters. The average Bonchev–Trinajstić information content (AvgIpc) is 2.69. The van der Waals surface area contributed by atoms with E-state index in [9.17, 15) is 31.1 Å². The van der Waals surface area contributed by atoms with Crippen LogP contribution in [0.2, 0.25) is 0 Å². The molecule has 0 saturated heterocycles. The van der Waals surface area contributed by atoms with Crippen LogP contribution >= 0.6 is 0 Å². The Kier molecular flexibility index (Phi) is 6.15. The third-order valence-corrected chi connectivity index (χ3v) is 4.99. The van der Waals surface area contributed by atoms with Crippen molar-refractivity contribution >= 4 is 11.9 Å². The fourth-order valence-electron chi connectivity index (χ4n) is 3.56. The summed E-state index contributed by atoms with van der Waals surface area (Å²) in [4.78, 5) is 19.6. The summed E-state index contributed by atoms with van der Waals surface area (Å²) in [6, 6.07) is 2.76. The molecule has 1 aliphatic rings. The molecule has 1 N–H and O–H groups in total. The highest BCUT2D eigenvalue weighted by atomic mass is 19.4. The Balaban J connectivity index is 2.26. The second-order valence-corrected chi connectivity index (χ2v) is 7.13. The largest absolute Gasteiger partial charge is 0.431 e. The smallest absolute Gasteiger partial charge is 0.430 e. The monoisotopic (exact) mass is 447 g/mol. The number of anilines is 1. The number of aromatic nitrogens is 2. The minimum Gasteiger partial charge on any atom is -0.431 e. The van der Waals surface area contributed by atoms with Crippen molar-refractivity contribution in [2.45, 2.75) is 57.5 Å². The van der Waals surface area contributed by atoms with E-state index in [-0.39, 0.29) is 22.9 Å². The average molecular weight is 447 g/mol. The van der Waals surface area contributed by atoms with Gasteiger partial charge in [0.25, 0.3) is 0 Å². The summed E-state index contributed by atoms with van der Waals surface area (Å²) >= 11 is 0. The third-order valence-electron chi connectivity index (χ3n) is 4.99. The first-order valence-electron chi connectivity index (χ1n) is 9.58. The fraction of sp³-hybridized carbons (Fsp3) is 0.450. The lowest BCUT2D eigenvalue weighted by Crippen LogP contribution is -2.34. The molecular weight excluding hydrogens is 428 g/mol. The number of nitrogens with one attached hydrogen (secondary N) is 1. The van der Waals surface area contributed by atoms with Crippen molar-refractivity contribution < 1.29 is 35.9 Å². The van der Waals surface area contributed by atoms with Gasteiger partial charge in [-0.25, -0.2) is 9.78 Å². The molecule has 3 heterocycles. The predicted molar refractivity (Wildman–Crippen MR) is 99.3 cm³/mol. The molecule has 2 aromatic rings. The molecule has 1 amide bonds. The van der Waals surface area contributed by atoms with Gasteiger partial charge in [0.2, 0.25) is 6.10 Å². The van der Waals surface area contributed by atoms with Gasteiger partial charge >= 0.3 is 18.4 Å². The van der Waals surface area contributed by atoms with Gasteiger partial charge in [0.1, 0.15) is 5.82 Å². The van der Waals surface area contributed by atoms with E-state index in [1.807, 2.05) is 6.92 Å². The molecule has 11 heteroatoms. The summed E-state index contributed by atoms with van der Waals surface area (Å²) in [6.45, 7) is 3.68. The molecule has 0 saturated carbocycles. The summed E-state index contributed by atoms with van der Waals surface area (Å²) in [7, 11) is 0. The molecule has 2 atom stereocenters. The number of fused-ring (bicyclic) bond motifs is 1. The molecule has 31 heavy (non-hydrogen) atoms. The van der Waals surface area contributed by atoms with Crippen LogP contribution in [-0.2, 0) is 10.9 Å². The van der Waals surface area contributed by atoms with Crippen molar-refractivity contribution in [2.75, 3.05) is 5.32 Å². The molecule has 0 radical (unpaired) electrons. The zero-order valence-electron chi connectivity index (χ0n) is 16.6. The normalized spacial score (nSPS) is 17.5. The van der Waals surface area contributed by atoms with Crippen LogP contribution < -0.4 is 5.32 Å². The molecule has 5 nitrogen and oxygen atoms in total. The van der Waals surface area contributed by atoms with Crippen LogP contribution in [0.4, 0.5) is 37.0 Å². The molecule has 0 fully saturated rings. The number of rotatable bonds is 5. The molecule has 0 bridgehead atoms. The number of halogens is 6. The van der Waals surface area contributed by atoms with Gasteiger partial charge in [0.15, 0.2) is 0 Å². The van der Waals surface area contributed by atoms with Crippen LogP contribution in [-0.4, -0.2) is 22.2 Å². The number of alkyl halides is 6. The Morgan fingerprint density at radius 2 is 1.87 bits per heavy atom. The van der Waals surface area contributed by atoms with Gasteiger partial charge in [-0.2, -0.15) is 26.3 Å². The SMILES string of the molecule is CCCC(CC)c1cc(C(F)(F)F)cc(-c2ccnc3c2[C@H](C(F)(F)F)OC(=O)N3)n1. The maximum absolute atomic E-state index is 13.6. The maximum atomic E-state index is 13.6. The van der Waals surface area contributed by atoms with E-state index in [2.05, 4.69) is 20.0 Å². The van der Waals surface area contributed by atoms with Crippen LogP contribution in [0.5, 0.6) is 0 Å². The predicted octanol–water partition coefficient (Wildman–Crippen LogP) is 6.62. The van der Waals surface area contributed by atoms with E-state index in [4.69, 9.17) is 0 Å². The number of carbonyl (C=O) groups is 1. The first kappa shape index (κ1) is 22.8. The van der Waals surface area contributed by atoms with Crippen LogP contribution in [0.25, 0.3) is 11.3 Å². The fourth-order valence-corrected chi connectivity index (χ4v) is 3.56. The van der Waals surface area contributed by atoms with Crippen LogP contribution in [0.1, 0.15) is 62.0 Å². The van der Waals surface area contributed by atoms with E-state index in [1.165, 1.54) is 0 Å². The number of ether oxygens (including phenoxy) is 1. The van der Waals surface area contributed by atoms with Gasteiger partial charge in [-0.3, -0.25) is 10.3 Å². The highest BCUT2D eigenvalue weighted by molar-refractivity contribution is 5.89. The number of cyclic esters (lactones) is 1. The number of pyridine rings is 2. The Morgan fingerprint density at radius 1 is 1.16 bits per heavy atom. The number of hydrogen-bond acceptors (Lipinski definition) is 4. The molecule has 168 valence electrons. The molecule has 1 aliphatic heterocycles. The zero-order valence-corrected chi connectivity index (χ0v) is 16.6. The zero-order chi connectivity index (χ0) is 23.0. The van der Waals surface area contributed by atoms with Gasteiger partial charge in [0, 0.05) is 23.4 Å². The molecule has 2 aromatic heterocycles. The summed E-state index contributed by atoms with van der Waals surface area (Å²) in [6.07, 6.45) is -10.9. The Hall–Kier alpha value is -2.85. The Labute approximate surface area is 173 Å². The van der Waals surface area contributed by atoms with Crippen LogP contribution in [0.3, 0.4) is 0 Å². The number of carbonyl (C=O) groups excluding carboxylic acids is 1. The second kappa shape index (κ2) is 8.35. The number of nitrogens with zero attached hydrogens (tertiary/aromatic N) is 2. The van der Waals surface area contributed by atoms with Crippen molar-refractivity contribution in [3.8, 4) is 11.3 Å². The topological polar surface area (TPSA) is 64.1 Å². The molecule has 0 aromatic carbocycles. The Morgan fingerprint density at radius 3 is 2.45 bits per heavy atom. The standard InChI is InChI=1S/C20H19F6N3O2/c1-3-5-10(4-2)13-8-11(19(21,22)23)9-14(28-13)12-6-7-27-17-15(12)16(20(24,25)26)31-18(30)29-17/h6-10,16H,3-5H2,1-2H3,(H,27,29,30)/t10?,16-/m1/s1. The van der Waals surface area contributed by atoms with Gasteiger partial charge in [-0.15, -0.1) is 0 Å². The van der Waals surface area contributed by atoms with Gasteiger partial charge < -0.3 is 4.74 Å². The molecular formula is C20H19F6N3O2. The first-order valence-corrected chi connectivity index (χ1v) is 9.58. The molecule has 3 rings (SSSR count). The lowest BCUT2D eigenvalue weighted by atomic mass is 9.93. The summed E-state index contributed by atoms with van der Waals surface area (Å²) in [5.41, 5.74) is -2.00. The van der Waals surface area contributed by atoms with Crippen molar-refractivity contribution in [3.05, 3.63) is 41.2 Å². The van der Waals surface area contributed by atoms with E-state index in [1.54, 1.807) is 6.92 Å². The number of amides is 1. The lowest BCUT2D eigenvalue weighted by Gasteiger charge is -2.29. The summed E-state index contributed by atoms with van der Waals surface area (Å²) in [5, 5.41) is 2.06. The number of hydrogen-bond donors (Lipinski definition) is 1. The van der Waals surface area contributed by atoms with E-state index in [0.717, 1.165) is 18.3 Å². The van der Waals surface area contributed by atoms with Gasteiger partial charge in [0.05, 0.1) is 16.8 Å². The van der Waals surface area contributed by atoms with E-state index in [0.29, 0.717) is 25.3 Å². The quantitative estimate of drug-likeness (QED) is 0.523. The van der Waals surface area contributed by atoms with Gasteiger partial charge in [-0.05, 0) is 31.0 Å². The highest BCUT2D eigenvalue weighted by Gasteiger charge is 2.49. The van der Waals surface area contributed by atoms with E-state index >= 15 is 0 Å². The maximum Gasteiger partial charge on any atom is 0.430 e. The molecule has 0 aliphatic carbocycles. The van der Waals surface area contributed by atoms with Crippen molar-refractivity contribution in [1.29, 1.82) is 0 Å². The highest BCUT2D eigenvalue weighted by Crippen LogP contribution is 2.46. The van der Waals surface area contributed by atoms with Crippen molar-refractivity contribution in [1.82, 2.24) is 9.97 Å². The second-order valence-electron chi connectivity index (χ2n) is 7.13. The molecule has 0 spiro atoms. The summed E-state index contributed by atoms with van der Waals surface area (Å²) in [5.74, 6) is -0.726. The van der Waals surface area contributed by atoms with Crippen LogP contribution in [0, 0.1) is 0 Å². The minimum atomic E-state index is -5.00. The van der Waals surface area contributed by atoms with Gasteiger partial charge in [-0.1, -0.05) is 20.3 Å². The van der Waals surface area contributed by atoms with Crippen LogP contribution in [0.15, 0.2) is 24.4 Å². The van der Waals surface area contributed by atoms with Crippen molar-refractivity contribution in [2.24, 2.45) is 0 Å². The minimum absolute atomic E-state index is 0.143. The third kappa shape index (κ3) is 4.75.